The molecule has 1 saturated carbocycles. The van der Waals surface area contributed by atoms with Crippen molar-refractivity contribution in [1.82, 2.24) is 14.5 Å². The summed E-state index contributed by atoms with van der Waals surface area (Å²) in [4.78, 5) is 19.9. The van der Waals surface area contributed by atoms with Crippen LogP contribution in [0, 0.1) is 5.92 Å². The molecule has 1 unspecified atom stereocenters. The molecule has 1 atom stereocenters. The van der Waals surface area contributed by atoms with Crippen molar-refractivity contribution in [1.29, 1.82) is 0 Å². The molecule has 4 rings (SSSR count). The number of nitrogens with two attached hydrogens (primary N) is 1. The molecular formula is C23H28N4O3S2. The SMILES string of the molecule is CCn1c(SCC(=O)N(Cc2ccccc2)C(C)C2CC2)nc2cc(S(N)(=O)=O)ccc21. The summed E-state index contributed by atoms with van der Waals surface area (Å²) in [6.07, 6.45) is 2.34. The minimum absolute atomic E-state index is 0.0330. The second-order valence-corrected chi connectivity index (χ2v) is 10.7. The van der Waals surface area contributed by atoms with E-state index in [1.807, 2.05) is 46.7 Å². The summed E-state index contributed by atoms with van der Waals surface area (Å²) in [6, 6.07) is 15.0. The molecule has 170 valence electrons. The fourth-order valence-electron chi connectivity index (χ4n) is 3.96. The molecule has 1 heterocycles. The zero-order valence-corrected chi connectivity index (χ0v) is 19.9. The van der Waals surface area contributed by atoms with Crippen LogP contribution in [0.1, 0.15) is 32.3 Å². The van der Waals surface area contributed by atoms with Gasteiger partial charge in [-0.25, -0.2) is 18.5 Å². The molecule has 3 aromatic rings. The maximum absolute atomic E-state index is 13.3. The van der Waals surface area contributed by atoms with Gasteiger partial charge in [0, 0.05) is 19.1 Å². The number of hydrogen-bond acceptors (Lipinski definition) is 5. The van der Waals surface area contributed by atoms with Crippen LogP contribution < -0.4 is 5.14 Å². The fourth-order valence-corrected chi connectivity index (χ4v) is 5.46. The first-order valence-electron chi connectivity index (χ1n) is 10.8. The molecule has 2 aromatic carbocycles. The van der Waals surface area contributed by atoms with Crippen LogP contribution in [0.3, 0.4) is 0 Å². The van der Waals surface area contributed by atoms with Crippen molar-refractivity contribution in [2.75, 3.05) is 5.75 Å². The Morgan fingerprint density at radius 2 is 1.97 bits per heavy atom. The smallest absolute Gasteiger partial charge is 0.238 e. The Balaban J connectivity index is 1.54. The quantitative estimate of drug-likeness (QED) is 0.480. The monoisotopic (exact) mass is 472 g/mol. The van der Waals surface area contributed by atoms with Crippen LogP contribution in [-0.4, -0.2) is 40.6 Å². The molecule has 1 fully saturated rings. The average Bonchev–Trinajstić information content (AvgIpc) is 3.56. The highest BCUT2D eigenvalue weighted by Crippen LogP contribution is 2.36. The largest absolute Gasteiger partial charge is 0.335 e. The van der Waals surface area contributed by atoms with Crippen LogP contribution in [-0.2, 0) is 27.9 Å². The predicted molar refractivity (Wildman–Crippen MR) is 127 cm³/mol. The normalized spacial score (nSPS) is 15.1. The van der Waals surface area contributed by atoms with E-state index in [1.165, 1.54) is 36.7 Å². The van der Waals surface area contributed by atoms with Gasteiger partial charge in [0.05, 0.1) is 21.7 Å². The molecular weight excluding hydrogens is 444 g/mol. The summed E-state index contributed by atoms with van der Waals surface area (Å²) in [5.74, 6) is 0.928. The third kappa shape index (κ3) is 5.00. The van der Waals surface area contributed by atoms with E-state index in [0.29, 0.717) is 29.7 Å². The predicted octanol–water partition coefficient (Wildman–Crippen LogP) is 3.62. The number of sulfonamides is 1. The van der Waals surface area contributed by atoms with Gasteiger partial charge in [0.2, 0.25) is 15.9 Å². The van der Waals surface area contributed by atoms with E-state index in [1.54, 1.807) is 6.07 Å². The lowest BCUT2D eigenvalue weighted by Crippen LogP contribution is -2.40. The highest BCUT2D eigenvalue weighted by molar-refractivity contribution is 7.99. The van der Waals surface area contributed by atoms with Crippen molar-refractivity contribution in [3.05, 3.63) is 54.1 Å². The Morgan fingerprint density at radius 1 is 1.25 bits per heavy atom. The van der Waals surface area contributed by atoms with Crippen LogP contribution >= 0.6 is 11.8 Å². The molecule has 1 amide bonds. The summed E-state index contributed by atoms with van der Waals surface area (Å²) in [5.41, 5.74) is 2.50. The summed E-state index contributed by atoms with van der Waals surface area (Å²) < 4.78 is 25.4. The van der Waals surface area contributed by atoms with Gasteiger partial charge < -0.3 is 9.47 Å². The number of rotatable bonds is 9. The number of fused-ring (bicyclic) bond motifs is 1. The molecule has 2 N–H and O–H groups in total. The number of nitrogens with zero attached hydrogens (tertiary/aromatic N) is 3. The van der Waals surface area contributed by atoms with Crippen LogP contribution in [0.4, 0.5) is 0 Å². The molecule has 0 radical (unpaired) electrons. The lowest BCUT2D eigenvalue weighted by atomic mass is 10.1. The van der Waals surface area contributed by atoms with E-state index in [0.717, 1.165) is 11.1 Å². The number of primary sulfonamides is 1. The first kappa shape index (κ1) is 22.8. The van der Waals surface area contributed by atoms with E-state index in [9.17, 15) is 13.2 Å². The molecule has 0 spiro atoms. The molecule has 9 heteroatoms. The highest BCUT2D eigenvalue weighted by atomic mass is 32.2. The number of carbonyl (C=O) groups is 1. The Kier molecular flexibility index (Phi) is 6.60. The maximum atomic E-state index is 13.3. The van der Waals surface area contributed by atoms with Gasteiger partial charge in [0.15, 0.2) is 5.16 Å². The van der Waals surface area contributed by atoms with Crippen molar-refractivity contribution in [3.8, 4) is 0 Å². The lowest BCUT2D eigenvalue weighted by Gasteiger charge is -2.29. The van der Waals surface area contributed by atoms with Gasteiger partial charge in [-0.05, 0) is 56.4 Å². The average molecular weight is 473 g/mol. The molecule has 1 aliphatic carbocycles. The molecule has 1 aromatic heterocycles. The number of thioether (sulfide) groups is 1. The summed E-state index contributed by atoms with van der Waals surface area (Å²) in [5, 5.41) is 5.96. The Morgan fingerprint density at radius 3 is 2.59 bits per heavy atom. The minimum atomic E-state index is -3.80. The van der Waals surface area contributed by atoms with Crippen molar-refractivity contribution in [2.24, 2.45) is 11.1 Å². The third-order valence-electron chi connectivity index (χ3n) is 5.97. The van der Waals surface area contributed by atoms with Gasteiger partial charge in [0.25, 0.3) is 0 Å². The van der Waals surface area contributed by atoms with Crippen LogP contribution in [0.25, 0.3) is 11.0 Å². The number of aromatic nitrogens is 2. The van der Waals surface area contributed by atoms with Gasteiger partial charge in [0.1, 0.15) is 0 Å². The number of carbonyl (C=O) groups excluding carboxylic acids is 1. The number of benzene rings is 2. The Labute approximate surface area is 193 Å². The van der Waals surface area contributed by atoms with Crippen LogP contribution in [0.5, 0.6) is 0 Å². The fraction of sp³-hybridized carbons (Fsp3) is 0.391. The standard InChI is InChI=1S/C23H28N4O3S2/c1-3-26-21-12-11-19(32(24,29)30)13-20(21)25-23(26)31-15-22(28)27(16(2)18-9-10-18)14-17-7-5-4-6-8-17/h4-8,11-13,16,18H,3,9-10,14-15H2,1-2H3,(H2,24,29,30). The topological polar surface area (TPSA) is 98.3 Å². The lowest BCUT2D eigenvalue weighted by molar-refractivity contribution is -0.131. The molecule has 32 heavy (non-hydrogen) atoms. The van der Waals surface area contributed by atoms with E-state index in [2.05, 4.69) is 11.9 Å². The van der Waals surface area contributed by atoms with Crippen molar-refractivity contribution in [3.63, 3.8) is 0 Å². The number of hydrogen-bond donors (Lipinski definition) is 1. The zero-order valence-electron chi connectivity index (χ0n) is 18.3. The van der Waals surface area contributed by atoms with E-state index >= 15 is 0 Å². The molecule has 0 aliphatic heterocycles. The van der Waals surface area contributed by atoms with Gasteiger partial charge in [-0.15, -0.1) is 0 Å². The van der Waals surface area contributed by atoms with Gasteiger partial charge in [-0.3, -0.25) is 4.79 Å². The molecule has 0 saturated heterocycles. The number of aryl methyl sites for hydroxylation is 1. The van der Waals surface area contributed by atoms with E-state index in [-0.39, 0.29) is 22.6 Å². The van der Waals surface area contributed by atoms with Gasteiger partial charge >= 0.3 is 0 Å². The van der Waals surface area contributed by atoms with Crippen molar-refractivity contribution >= 4 is 38.7 Å². The Bertz CT molecular complexity index is 1220. The molecule has 7 nitrogen and oxygen atoms in total. The molecule has 0 bridgehead atoms. The minimum Gasteiger partial charge on any atom is -0.335 e. The highest BCUT2D eigenvalue weighted by Gasteiger charge is 2.34. The summed E-state index contributed by atoms with van der Waals surface area (Å²) >= 11 is 1.39. The molecule has 1 aliphatic rings. The van der Waals surface area contributed by atoms with Crippen LogP contribution in [0.2, 0.25) is 0 Å². The number of imidazole rings is 1. The summed E-state index contributed by atoms with van der Waals surface area (Å²) in [7, 11) is -3.80. The first-order valence-corrected chi connectivity index (χ1v) is 13.3. The van der Waals surface area contributed by atoms with E-state index in [4.69, 9.17) is 5.14 Å². The Hall–Kier alpha value is -2.36. The van der Waals surface area contributed by atoms with E-state index < -0.39 is 10.0 Å². The van der Waals surface area contributed by atoms with Gasteiger partial charge in [-0.2, -0.15) is 0 Å². The third-order valence-corrected chi connectivity index (χ3v) is 7.84. The van der Waals surface area contributed by atoms with Crippen molar-refractivity contribution < 1.29 is 13.2 Å². The van der Waals surface area contributed by atoms with Crippen LogP contribution in [0.15, 0.2) is 58.6 Å². The second-order valence-electron chi connectivity index (χ2n) is 8.21. The zero-order chi connectivity index (χ0) is 22.9. The number of amides is 1. The maximum Gasteiger partial charge on any atom is 0.238 e. The van der Waals surface area contributed by atoms with Gasteiger partial charge in [-0.1, -0.05) is 42.1 Å². The summed E-state index contributed by atoms with van der Waals surface area (Å²) in [6.45, 7) is 5.39. The second kappa shape index (κ2) is 9.25. The first-order chi connectivity index (χ1) is 15.3. The van der Waals surface area contributed by atoms with Crippen molar-refractivity contribution in [2.45, 2.75) is 55.9 Å².